The number of rotatable bonds is 0. The van der Waals surface area contributed by atoms with Crippen molar-refractivity contribution in [1.82, 2.24) is 0 Å². The van der Waals surface area contributed by atoms with Gasteiger partial charge in [-0.3, -0.25) is 0 Å². The van der Waals surface area contributed by atoms with E-state index in [9.17, 15) is 9.59 Å². The fourth-order valence-electron chi connectivity index (χ4n) is 0.766. The van der Waals surface area contributed by atoms with E-state index >= 15 is 0 Å². The SMILES string of the molecule is CC.CC1(C)OC(=O)C(=CO)C(=O)O1. The van der Waals surface area contributed by atoms with Crippen molar-refractivity contribution in [2.45, 2.75) is 33.5 Å². The van der Waals surface area contributed by atoms with E-state index in [0.29, 0.717) is 6.26 Å². The molecular formula is C9H14O5. The lowest BCUT2D eigenvalue weighted by molar-refractivity contribution is -0.222. The molecule has 1 rings (SSSR count). The molecule has 0 amide bonds. The van der Waals surface area contributed by atoms with E-state index in [4.69, 9.17) is 5.11 Å². The number of esters is 2. The van der Waals surface area contributed by atoms with Crippen LogP contribution in [0.1, 0.15) is 27.7 Å². The first kappa shape index (κ1) is 12.5. The van der Waals surface area contributed by atoms with Crippen LogP contribution in [0.3, 0.4) is 0 Å². The Bertz CT molecular complexity index is 242. The minimum atomic E-state index is -1.25. The van der Waals surface area contributed by atoms with Crippen LogP contribution in [0.25, 0.3) is 0 Å². The van der Waals surface area contributed by atoms with Gasteiger partial charge in [-0.05, 0) is 0 Å². The van der Waals surface area contributed by atoms with Crippen LogP contribution in [0, 0.1) is 0 Å². The molecule has 14 heavy (non-hydrogen) atoms. The fraction of sp³-hybridized carbons (Fsp3) is 0.556. The van der Waals surface area contributed by atoms with Gasteiger partial charge in [0.15, 0.2) is 5.57 Å². The minimum Gasteiger partial charge on any atom is -0.514 e. The van der Waals surface area contributed by atoms with Gasteiger partial charge in [0, 0.05) is 13.8 Å². The second-order valence-electron chi connectivity index (χ2n) is 2.72. The quantitative estimate of drug-likeness (QED) is 0.277. The van der Waals surface area contributed by atoms with Crippen LogP contribution in [0.5, 0.6) is 0 Å². The Morgan fingerprint density at radius 3 is 1.79 bits per heavy atom. The summed E-state index contributed by atoms with van der Waals surface area (Å²) in [6, 6.07) is 0. The van der Waals surface area contributed by atoms with E-state index < -0.39 is 23.3 Å². The van der Waals surface area contributed by atoms with Crippen LogP contribution in [0.2, 0.25) is 0 Å². The highest BCUT2D eigenvalue weighted by Crippen LogP contribution is 2.21. The molecule has 1 heterocycles. The molecule has 0 aromatic carbocycles. The zero-order chi connectivity index (χ0) is 11.4. The molecule has 1 fully saturated rings. The zero-order valence-corrected chi connectivity index (χ0v) is 8.66. The Morgan fingerprint density at radius 1 is 1.14 bits per heavy atom. The summed E-state index contributed by atoms with van der Waals surface area (Å²) >= 11 is 0. The lowest BCUT2D eigenvalue weighted by atomic mass is 10.2. The highest BCUT2D eigenvalue weighted by Gasteiger charge is 2.39. The van der Waals surface area contributed by atoms with Crippen LogP contribution in [-0.4, -0.2) is 22.8 Å². The maximum absolute atomic E-state index is 10.9. The molecule has 1 N–H and O–H groups in total. The summed E-state index contributed by atoms with van der Waals surface area (Å²) in [6.07, 6.45) is 0.375. The van der Waals surface area contributed by atoms with Crippen LogP contribution in [0.15, 0.2) is 11.8 Å². The molecule has 1 aliphatic rings. The lowest BCUT2D eigenvalue weighted by Crippen LogP contribution is -2.41. The van der Waals surface area contributed by atoms with Gasteiger partial charge < -0.3 is 14.6 Å². The third-order valence-corrected chi connectivity index (χ3v) is 1.25. The number of ether oxygens (including phenoxy) is 2. The number of cyclic esters (lactones) is 2. The molecule has 0 radical (unpaired) electrons. The second kappa shape index (κ2) is 4.64. The highest BCUT2D eigenvalue weighted by molar-refractivity contribution is 6.15. The molecule has 0 aromatic rings. The summed E-state index contributed by atoms with van der Waals surface area (Å²) in [6.45, 7) is 6.86. The summed E-state index contributed by atoms with van der Waals surface area (Å²) in [5, 5.41) is 8.44. The Morgan fingerprint density at radius 2 is 1.50 bits per heavy atom. The maximum Gasteiger partial charge on any atom is 0.352 e. The van der Waals surface area contributed by atoms with Crippen molar-refractivity contribution in [2.75, 3.05) is 0 Å². The van der Waals surface area contributed by atoms with Gasteiger partial charge in [-0.15, -0.1) is 0 Å². The van der Waals surface area contributed by atoms with Crippen molar-refractivity contribution in [3.8, 4) is 0 Å². The van der Waals surface area contributed by atoms with Crippen molar-refractivity contribution in [3.63, 3.8) is 0 Å². The monoisotopic (exact) mass is 202 g/mol. The van der Waals surface area contributed by atoms with Crippen molar-refractivity contribution >= 4 is 11.9 Å². The first-order chi connectivity index (χ1) is 6.46. The molecule has 0 saturated carbocycles. The topological polar surface area (TPSA) is 72.8 Å². The van der Waals surface area contributed by atoms with Gasteiger partial charge in [0.1, 0.15) is 6.26 Å². The van der Waals surface area contributed by atoms with Crippen molar-refractivity contribution in [3.05, 3.63) is 11.8 Å². The van der Waals surface area contributed by atoms with Crippen LogP contribution < -0.4 is 0 Å². The van der Waals surface area contributed by atoms with E-state index in [0.717, 1.165) is 0 Å². The Kier molecular flexibility index (Phi) is 4.14. The summed E-state index contributed by atoms with van der Waals surface area (Å²) in [7, 11) is 0. The van der Waals surface area contributed by atoms with Crippen LogP contribution in [0.4, 0.5) is 0 Å². The third kappa shape index (κ3) is 2.76. The van der Waals surface area contributed by atoms with Gasteiger partial charge >= 0.3 is 11.9 Å². The zero-order valence-electron chi connectivity index (χ0n) is 8.66. The number of aliphatic hydroxyl groups is 1. The number of hydrogen-bond donors (Lipinski definition) is 1. The van der Waals surface area contributed by atoms with Gasteiger partial charge in [0.25, 0.3) is 5.79 Å². The molecule has 0 bridgehead atoms. The number of carbonyl (C=O) groups is 2. The second-order valence-corrected chi connectivity index (χ2v) is 2.72. The molecule has 0 unspecified atom stereocenters. The van der Waals surface area contributed by atoms with Gasteiger partial charge in [-0.25, -0.2) is 9.59 Å². The molecule has 0 atom stereocenters. The lowest BCUT2D eigenvalue weighted by Gasteiger charge is -2.29. The minimum absolute atomic E-state index is 0.375. The first-order valence-corrected chi connectivity index (χ1v) is 4.27. The molecule has 1 aliphatic heterocycles. The molecule has 5 heteroatoms. The van der Waals surface area contributed by atoms with Crippen LogP contribution >= 0.6 is 0 Å². The third-order valence-electron chi connectivity index (χ3n) is 1.25. The van der Waals surface area contributed by atoms with Crippen molar-refractivity contribution < 1.29 is 24.2 Å². The molecule has 5 nitrogen and oxygen atoms in total. The summed E-state index contributed by atoms with van der Waals surface area (Å²) in [5.74, 6) is -3.00. The van der Waals surface area contributed by atoms with Crippen LogP contribution in [-0.2, 0) is 19.1 Å². The Labute approximate surface area is 82.3 Å². The fourth-order valence-corrected chi connectivity index (χ4v) is 0.766. The molecule has 80 valence electrons. The van der Waals surface area contributed by atoms with E-state index in [1.807, 2.05) is 13.8 Å². The van der Waals surface area contributed by atoms with E-state index in [1.165, 1.54) is 13.8 Å². The smallest absolute Gasteiger partial charge is 0.352 e. The average Bonchev–Trinajstić information content (AvgIpc) is 2.05. The molecule has 1 saturated heterocycles. The molecular weight excluding hydrogens is 188 g/mol. The predicted molar refractivity (Wildman–Crippen MR) is 48.3 cm³/mol. The Hall–Kier alpha value is -1.52. The molecule has 0 aromatic heterocycles. The highest BCUT2D eigenvalue weighted by atomic mass is 16.7. The predicted octanol–water partition coefficient (Wildman–Crippen LogP) is 1.29. The standard InChI is InChI=1S/C7H8O5.C2H6/c1-7(2)11-5(9)4(3-8)6(10)12-7;1-2/h3,8H,1-2H3;1-2H3. The summed E-state index contributed by atoms with van der Waals surface area (Å²) in [4.78, 5) is 21.8. The molecule has 0 aliphatic carbocycles. The largest absolute Gasteiger partial charge is 0.514 e. The Balaban J connectivity index is 0.000000791. The number of aliphatic hydroxyl groups excluding tert-OH is 1. The van der Waals surface area contributed by atoms with E-state index in [-0.39, 0.29) is 0 Å². The summed E-state index contributed by atoms with van der Waals surface area (Å²) in [5.41, 5.74) is -0.491. The van der Waals surface area contributed by atoms with Gasteiger partial charge in [0.2, 0.25) is 0 Å². The van der Waals surface area contributed by atoms with Gasteiger partial charge in [-0.1, -0.05) is 13.8 Å². The number of carbonyl (C=O) groups excluding carboxylic acids is 2. The molecule has 0 spiro atoms. The first-order valence-electron chi connectivity index (χ1n) is 4.27. The van der Waals surface area contributed by atoms with Gasteiger partial charge in [0.05, 0.1) is 0 Å². The maximum atomic E-state index is 10.9. The average molecular weight is 202 g/mol. The summed E-state index contributed by atoms with van der Waals surface area (Å²) < 4.78 is 9.27. The van der Waals surface area contributed by atoms with E-state index in [1.54, 1.807) is 0 Å². The van der Waals surface area contributed by atoms with Crippen molar-refractivity contribution in [1.29, 1.82) is 0 Å². The van der Waals surface area contributed by atoms with Crippen molar-refractivity contribution in [2.24, 2.45) is 0 Å². The number of hydrogen-bond acceptors (Lipinski definition) is 5. The van der Waals surface area contributed by atoms with E-state index in [2.05, 4.69) is 9.47 Å². The normalized spacial score (nSPS) is 18.7. The van der Waals surface area contributed by atoms with Gasteiger partial charge in [-0.2, -0.15) is 0 Å².